The van der Waals surface area contributed by atoms with Gasteiger partial charge >= 0.3 is 0 Å². The lowest BCUT2D eigenvalue weighted by Crippen LogP contribution is -2.23. The van der Waals surface area contributed by atoms with Crippen LogP contribution in [-0.4, -0.2) is 19.9 Å². The summed E-state index contributed by atoms with van der Waals surface area (Å²) in [5.74, 6) is 1.72. The molecule has 0 aromatic heterocycles. The van der Waals surface area contributed by atoms with E-state index in [1.165, 1.54) is 18.5 Å². The predicted molar refractivity (Wildman–Crippen MR) is 65.4 cm³/mol. The lowest BCUT2D eigenvalue weighted by Gasteiger charge is -2.23. The van der Waals surface area contributed by atoms with Gasteiger partial charge in [0.1, 0.15) is 0 Å². The van der Waals surface area contributed by atoms with Gasteiger partial charge in [-0.3, -0.25) is 0 Å². The number of rotatable bonds is 5. The molecule has 0 N–H and O–H groups in total. The van der Waals surface area contributed by atoms with Crippen molar-refractivity contribution in [3.63, 3.8) is 0 Å². The highest BCUT2D eigenvalue weighted by Gasteiger charge is 2.14. The Morgan fingerprint density at radius 1 is 1.19 bits per heavy atom. The largest absolute Gasteiger partial charge is 0.454 e. The first-order valence-electron chi connectivity index (χ1n) is 5.99. The van der Waals surface area contributed by atoms with E-state index in [-0.39, 0.29) is 0 Å². The summed E-state index contributed by atoms with van der Waals surface area (Å²) in [6.07, 6.45) is 2.45. The first kappa shape index (κ1) is 11.1. The van der Waals surface area contributed by atoms with Gasteiger partial charge in [0.05, 0.1) is 0 Å². The lowest BCUT2D eigenvalue weighted by atomic mass is 10.2. The second kappa shape index (κ2) is 5.10. The fraction of sp³-hybridized carbons (Fsp3) is 0.538. The van der Waals surface area contributed by atoms with E-state index in [2.05, 4.69) is 30.9 Å². The van der Waals surface area contributed by atoms with Gasteiger partial charge in [0.25, 0.3) is 0 Å². The van der Waals surface area contributed by atoms with Crippen molar-refractivity contribution < 1.29 is 9.47 Å². The maximum absolute atomic E-state index is 5.39. The Labute approximate surface area is 97.0 Å². The van der Waals surface area contributed by atoms with Gasteiger partial charge in [-0.25, -0.2) is 0 Å². The van der Waals surface area contributed by atoms with Crippen molar-refractivity contribution >= 4 is 5.69 Å². The summed E-state index contributed by atoms with van der Waals surface area (Å²) in [4.78, 5) is 2.37. The van der Waals surface area contributed by atoms with Crippen LogP contribution in [0.25, 0.3) is 0 Å². The number of benzene rings is 1. The molecule has 1 aliphatic rings. The molecular formula is C13H19NO2. The summed E-state index contributed by atoms with van der Waals surface area (Å²) in [6, 6.07) is 6.17. The number of unbranched alkanes of at least 4 members (excludes halogenated alkanes) is 1. The standard InChI is InChI=1S/C13H19NO2/c1-3-5-8-14(4-2)11-6-7-12-13(9-11)16-10-15-12/h6-7,9H,3-5,8,10H2,1-2H3. The number of nitrogens with zero attached hydrogens (tertiary/aromatic N) is 1. The number of ether oxygens (including phenoxy) is 2. The summed E-state index contributed by atoms with van der Waals surface area (Å²) in [7, 11) is 0. The average molecular weight is 221 g/mol. The van der Waals surface area contributed by atoms with Crippen LogP contribution < -0.4 is 14.4 Å². The van der Waals surface area contributed by atoms with Crippen LogP contribution >= 0.6 is 0 Å². The first-order chi connectivity index (χ1) is 7.85. The van der Waals surface area contributed by atoms with Crippen molar-refractivity contribution in [1.82, 2.24) is 0 Å². The summed E-state index contributed by atoms with van der Waals surface area (Å²) in [5, 5.41) is 0. The van der Waals surface area contributed by atoms with E-state index in [0.29, 0.717) is 6.79 Å². The second-order valence-electron chi connectivity index (χ2n) is 3.97. The van der Waals surface area contributed by atoms with Crippen molar-refractivity contribution in [2.75, 3.05) is 24.8 Å². The van der Waals surface area contributed by atoms with E-state index in [4.69, 9.17) is 9.47 Å². The summed E-state index contributed by atoms with van der Waals surface area (Å²) >= 11 is 0. The van der Waals surface area contributed by atoms with Crippen molar-refractivity contribution in [1.29, 1.82) is 0 Å². The highest BCUT2D eigenvalue weighted by atomic mass is 16.7. The molecule has 3 heteroatoms. The Morgan fingerprint density at radius 2 is 2.00 bits per heavy atom. The van der Waals surface area contributed by atoms with Crippen molar-refractivity contribution in [2.24, 2.45) is 0 Å². The van der Waals surface area contributed by atoms with Gasteiger partial charge in [-0.05, 0) is 25.5 Å². The maximum Gasteiger partial charge on any atom is 0.231 e. The molecule has 0 fully saturated rings. The minimum absolute atomic E-state index is 0.347. The van der Waals surface area contributed by atoms with Crippen molar-refractivity contribution in [3.05, 3.63) is 18.2 Å². The third-order valence-corrected chi connectivity index (χ3v) is 2.88. The molecule has 1 aliphatic heterocycles. The Balaban J connectivity index is 2.12. The second-order valence-corrected chi connectivity index (χ2v) is 3.97. The van der Waals surface area contributed by atoms with Gasteiger partial charge in [-0.1, -0.05) is 13.3 Å². The molecule has 0 amide bonds. The molecular weight excluding hydrogens is 202 g/mol. The van der Waals surface area contributed by atoms with Gasteiger partial charge in [-0.15, -0.1) is 0 Å². The van der Waals surface area contributed by atoms with E-state index < -0.39 is 0 Å². The molecule has 0 saturated heterocycles. The van der Waals surface area contributed by atoms with Crippen molar-refractivity contribution in [2.45, 2.75) is 26.7 Å². The van der Waals surface area contributed by atoms with Crippen LogP contribution in [0.5, 0.6) is 11.5 Å². The summed E-state index contributed by atoms with van der Waals surface area (Å²) < 4.78 is 10.7. The Morgan fingerprint density at radius 3 is 2.75 bits per heavy atom. The number of hydrogen-bond donors (Lipinski definition) is 0. The SMILES string of the molecule is CCCCN(CC)c1ccc2c(c1)OCO2. The highest BCUT2D eigenvalue weighted by molar-refractivity contribution is 5.57. The van der Waals surface area contributed by atoms with Crippen LogP contribution in [0.4, 0.5) is 5.69 Å². The smallest absolute Gasteiger partial charge is 0.231 e. The minimum atomic E-state index is 0.347. The third kappa shape index (κ3) is 2.23. The number of hydrogen-bond acceptors (Lipinski definition) is 3. The van der Waals surface area contributed by atoms with Gasteiger partial charge in [-0.2, -0.15) is 0 Å². The van der Waals surface area contributed by atoms with E-state index in [1.807, 2.05) is 6.07 Å². The van der Waals surface area contributed by atoms with Crippen LogP contribution in [0.1, 0.15) is 26.7 Å². The number of fused-ring (bicyclic) bond motifs is 1. The normalized spacial score (nSPS) is 12.9. The molecule has 0 aliphatic carbocycles. The fourth-order valence-corrected chi connectivity index (χ4v) is 1.90. The Bertz CT molecular complexity index is 352. The third-order valence-electron chi connectivity index (χ3n) is 2.88. The molecule has 0 radical (unpaired) electrons. The van der Waals surface area contributed by atoms with E-state index in [0.717, 1.165) is 24.6 Å². The van der Waals surface area contributed by atoms with Crippen LogP contribution in [0.2, 0.25) is 0 Å². The Hall–Kier alpha value is -1.38. The molecule has 0 atom stereocenters. The van der Waals surface area contributed by atoms with Crippen LogP contribution in [0, 0.1) is 0 Å². The van der Waals surface area contributed by atoms with E-state index >= 15 is 0 Å². The molecule has 1 heterocycles. The quantitative estimate of drug-likeness (QED) is 0.762. The zero-order valence-electron chi connectivity index (χ0n) is 10.0. The van der Waals surface area contributed by atoms with Crippen LogP contribution in [0.15, 0.2) is 18.2 Å². The molecule has 2 rings (SSSR count). The topological polar surface area (TPSA) is 21.7 Å². The highest BCUT2D eigenvalue weighted by Crippen LogP contribution is 2.35. The molecule has 3 nitrogen and oxygen atoms in total. The molecule has 0 bridgehead atoms. The average Bonchev–Trinajstić information content (AvgIpc) is 2.77. The van der Waals surface area contributed by atoms with Gasteiger partial charge in [0.15, 0.2) is 11.5 Å². The maximum atomic E-state index is 5.39. The summed E-state index contributed by atoms with van der Waals surface area (Å²) in [5.41, 5.74) is 1.22. The minimum Gasteiger partial charge on any atom is -0.454 e. The first-order valence-corrected chi connectivity index (χ1v) is 5.99. The zero-order valence-corrected chi connectivity index (χ0v) is 10.0. The predicted octanol–water partition coefficient (Wildman–Crippen LogP) is 3.04. The summed E-state index contributed by atoms with van der Waals surface area (Å²) in [6.45, 7) is 6.87. The van der Waals surface area contributed by atoms with E-state index in [1.54, 1.807) is 0 Å². The van der Waals surface area contributed by atoms with Gasteiger partial charge < -0.3 is 14.4 Å². The molecule has 1 aromatic carbocycles. The zero-order chi connectivity index (χ0) is 11.4. The molecule has 1 aromatic rings. The molecule has 0 saturated carbocycles. The molecule has 88 valence electrons. The monoisotopic (exact) mass is 221 g/mol. The molecule has 0 unspecified atom stereocenters. The molecule has 0 spiro atoms. The van der Waals surface area contributed by atoms with Crippen molar-refractivity contribution in [3.8, 4) is 11.5 Å². The molecule has 16 heavy (non-hydrogen) atoms. The van der Waals surface area contributed by atoms with Crippen LogP contribution in [-0.2, 0) is 0 Å². The van der Waals surface area contributed by atoms with Gasteiger partial charge in [0.2, 0.25) is 6.79 Å². The number of anilines is 1. The van der Waals surface area contributed by atoms with Crippen LogP contribution in [0.3, 0.4) is 0 Å². The lowest BCUT2D eigenvalue weighted by molar-refractivity contribution is 0.174. The van der Waals surface area contributed by atoms with E-state index in [9.17, 15) is 0 Å². The van der Waals surface area contributed by atoms with Gasteiger partial charge in [0, 0.05) is 24.8 Å². The Kier molecular flexibility index (Phi) is 3.54. The fourth-order valence-electron chi connectivity index (χ4n) is 1.90.